The van der Waals surface area contributed by atoms with Gasteiger partial charge in [0.25, 0.3) is 0 Å². The van der Waals surface area contributed by atoms with Gasteiger partial charge in [-0.05, 0) is 31.5 Å². The largest absolute Gasteiger partial charge is 0.394 e. The van der Waals surface area contributed by atoms with Crippen molar-refractivity contribution in [2.75, 3.05) is 6.61 Å². The Bertz CT molecular complexity index is 333. The highest BCUT2D eigenvalue weighted by molar-refractivity contribution is 5.98. The maximum absolute atomic E-state index is 12.6. The molecule has 0 spiro atoms. The van der Waals surface area contributed by atoms with Gasteiger partial charge in [-0.3, -0.25) is 0 Å². The highest BCUT2D eigenvalue weighted by Crippen LogP contribution is 2.04. The molecule has 1 aromatic carbocycles. The van der Waals surface area contributed by atoms with Crippen LogP contribution in [0.1, 0.15) is 19.4 Å². The van der Waals surface area contributed by atoms with E-state index in [1.807, 2.05) is 6.92 Å². The van der Waals surface area contributed by atoms with E-state index in [9.17, 15) is 4.39 Å². The zero-order valence-corrected chi connectivity index (χ0v) is 8.90. The average Bonchev–Trinajstić information content (AvgIpc) is 2.18. The standard InChI is InChI=1S/C11H15FN2O/c1-8(13)7-15-14-9(2)10-3-5-11(12)6-4-10/h3-6,8H,7,13H2,1-2H3/b14-9+. The Morgan fingerprint density at radius 1 is 1.47 bits per heavy atom. The number of rotatable bonds is 4. The van der Waals surface area contributed by atoms with Gasteiger partial charge in [-0.2, -0.15) is 0 Å². The molecule has 0 heterocycles. The van der Waals surface area contributed by atoms with Gasteiger partial charge in [-0.25, -0.2) is 4.39 Å². The van der Waals surface area contributed by atoms with E-state index >= 15 is 0 Å². The van der Waals surface area contributed by atoms with Gasteiger partial charge in [0.1, 0.15) is 12.4 Å². The Balaban J connectivity index is 2.59. The summed E-state index contributed by atoms with van der Waals surface area (Å²) in [4.78, 5) is 5.01. The number of hydrogen-bond donors (Lipinski definition) is 1. The molecule has 3 nitrogen and oxygen atoms in total. The predicted molar refractivity (Wildman–Crippen MR) is 58.2 cm³/mol. The van der Waals surface area contributed by atoms with Gasteiger partial charge in [0.15, 0.2) is 0 Å². The maximum Gasteiger partial charge on any atom is 0.131 e. The van der Waals surface area contributed by atoms with Crippen LogP contribution in [0.3, 0.4) is 0 Å². The summed E-state index contributed by atoms with van der Waals surface area (Å²) in [6, 6.07) is 6.04. The summed E-state index contributed by atoms with van der Waals surface area (Å²) in [5.74, 6) is -0.261. The van der Waals surface area contributed by atoms with E-state index in [2.05, 4.69) is 5.16 Å². The van der Waals surface area contributed by atoms with Crippen LogP contribution in [-0.4, -0.2) is 18.4 Å². The molecule has 0 aliphatic rings. The Labute approximate surface area is 88.7 Å². The lowest BCUT2D eigenvalue weighted by atomic mass is 10.1. The first-order valence-corrected chi connectivity index (χ1v) is 4.77. The number of benzene rings is 1. The minimum Gasteiger partial charge on any atom is -0.394 e. The average molecular weight is 210 g/mol. The maximum atomic E-state index is 12.6. The Kier molecular flexibility index (Phi) is 4.24. The number of nitrogens with zero attached hydrogens (tertiary/aromatic N) is 1. The fraction of sp³-hybridized carbons (Fsp3) is 0.364. The van der Waals surface area contributed by atoms with Crippen LogP contribution in [0, 0.1) is 5.82 Å². The summed E-state index contributed by atoms with van der Waals surface area (Å²) in [6.45, 7) is 4.01. The van der Waals surface area contributed by atoms with Gasteiger partial charge in [0, 0.05) is 6.04 Å². The molecule has 0 radical (unpaired) electrons. The van der Waals surface area contributed by atoms with Crippen LogP contribution in [0.5, 0.6) is 0 Å². The van der Waals surface area contributed by atoms with Gasteiger partial charge in [-0.1, -0.05) is 17.3 Å². The molecule has 0 saturated heterocycles. The van der Waals surface area contributed by atoms with Crippen LogP contribution in [0.4, 0.5) is 4.39 Å². The van der Waals surface area contributed by atoms with E-state index < -0.39 is 0 Å². The first-order valence-electron chi connectivity index (χ1n) is 4.77. The lowest BCUT2D eigenvalue weighted by Gasteiger charge is -2.04. The number of oxime groups is 1. The Morgan fingerprint density at radius 2 is 2.07 bits per heavy atom. The van der Waals surface area contributed by atoms with Crippen molar-refractivity contribution in [3.8, 4) is 0 Å². The first-order chi connectivity index (χ1) is 7.09. The predicted octanol–water partition coefficient (Wildman–Crippen LogP) is 1.91. The Hall–Kier alpha value is -1.42. The van der Waals surface area contributed by atoms with Crippen molar-refractivity contribution in [1.82, 2.24) is 0 Å². The molecule has 0 bridgehead atoms. The van der Waals surface area contributed by atoms with E-state index in [0.29, 0.717) is 12.3 Å². The van der Waals surface area contributed by atoms with Gasteiger partial charge in [0.2, 0.25) is 0 Å². The third-order valence-electron chi connectivity index (χ3n) is 1.80. The summed E-state index contributed by atoms with van der Waals surface area (Å²) >= 11 is 0. The molecule has 4 heteroatoms. The van der Waals surface area contributed by atoms with E-state index in [1.165, 1.54) is 12.1 Å². The Morgan fingerprint density at radius 3 is 2.60 bits per heavy atom. The summed E-state index contributed by atoms with van der Waals surface area (Å²) in [6.07, 6.45) is 0. The molecule has 1 unspecified atom stereocenters. The summed E-state index contributed by atoms with van der Waals surface area (Å²) in [7, 11) is 0. The van der Waals surface area contributed by atoms with Gasteiger partial charge in [0.05, 0.1) is 5.71 Å². The molecule has 15 heavy (non-hydrogen) atoms. The van der Waals surface area contributed by atoms with Gasteiger partial charge >= 0.3 is 0 Å². The minimum atomic E-state index is -0.261. The molecule has 82 valence electrons. The molecule has 0 aliphatic carbocycles. The lowest BCUT2D eigenvalue weighted by Crippen LogP contribution is -2.20. The van der Waals surface area contributed by atoms with Crippen molar-refractivity contribution >= 4 is 5.71 Å². The molecule has 0 aliphatic heterocycles. The second kappa shape index (κ2) is 5.46. The molecular formula is C11H15FN2O. The van der Waals surface area contributed by atoms with E-state index in [1.54, 1.807) is 19.1 Å². The van der Waals surface area contributed by atoms with E-state index in [-0.39, 0.29) is 11.9 Å². The van der Waals surface area contributed by atoms with Crippen molar-refractivity contribution in [3.63, 3.8) is 0 Å². The van der Waals surface area contributed by atoms with Crippen LogP contribution >= 0.6 is 0 Å². The summed E-state index contributed by atoms with van der Waals surface area (Å²) < 4.78 is 12.6. The third kappa shape index (κ3) is 4.08. The van der Waals surface area contributed by atoms with E-state index in [4.69, 9.17) is 10.6 Å². The van der Waals surface area contributed by atoms with Gasteiger partial charge < -0.3 is 10.6 Å². The molecule has 2 N–H and O–H groups in total. The smallest absolute Gasteiger partial charge is 0.131 e. The molecule has 0 aromatic heterocycles. The third-order valence-corrected chi connectivity index (χ3v) is 1.80. The molecule has 1 aromatic rings. The number of hydrogen-bond acceptors (Lipinski definition) is 3. The minimum absolute atomic E-state index is 0.0465. The monoisotopic (exact) mass is 210 g/mol. The first kappa shape index (κ1) is 11.7. The highest BCUT2D eigenvalue weighted by atomic mass is 19.1. The van der Waals surface area contributed by atoms with Crippen LogP contribution < -0.4 is 5.73 Å². The van der Waals surface area contributed by atoms with Gasteiger partial charge in [-0.15, -0.1) is 0 Å². The topological polar surface area (TPSA) is 47.6 Å². The molecule has 0 amide bonds. The van der Waals surface area contributed by atoms with Crippen LogP contribution in [0.15, 0.2) is 29.4 Å². The van der Waals surface area contributed by atoms with Crippen molar-refractivity contribution in [2.45, 2.75) is 19.9 Å². The molecular weight excluding hydrogens is 195 g/mol. The summed E-state index contributed by atoms with van der Waals surface area (Å²) in [5.41, 5.74) is 7.03. The van der Waals surface area contributed by atoms with E-state index in [0.717, 1.165) is 5.56 Å². The fourth-order valence-electron chi connectivity index (χ4n) is 0.995. The second-order valence-electron chi connectivity index (χ2n) is 3.46. The van der Waals surface area contributed by atoms with Crippen molar-refractivity contribution in [1.29, 1.82) is 0 Å². The van der Waals surface area contributed by atoms with Crippen LogP contribution in [0.25, 0.3) is 0 Å². The quantitative estimate of drug-likeness (QED) is 0.609. The molecule has 0 fully saturated rings. The second-order valence-corrected chi connectivity index (χ2v) is 3.46. The van der Waals surface area contributed by atoms with Crippen LogP contribution in [0.2, 0.25) is 0 Å². The normalized spacial score (nSPS) is 13.7. The number of nitrogens with two attached hydrogens (primary N) is 1. The molecule has 1 atom stereocenters. The SMILES string of the molecule is C/C(=N\OCC(C)N)c1ccc(F)cc1. The summed E-state index contributed by atoms with van der Waals surface area (Å²) in [5, 5.41) is 3.88. The zero-order valence-electron chi connectivity index (χ0n) is 8.90. The van der Waals surface area contributed by atoms with Crippen molar-refractivity contribution in [3.05, 3.63) is 35.6 Å². The molecule has 0 saturated carbocycles. The molecule has 1 rings (SSSR count). The van der Waals surface area contributed by atoms with Crippen LogP contribution in [-0.2, 0) is 4.84 Å². The fourth-order valence-corrected chi connectivity index (χ4v) is 0.995. The van der Waals surface area contributed by atoms with Crippen molar-refractivity contribution in [2.24, 2.45) is 10.9 Å². The lowest BCUT2D eigenvalue weighted by molar-refractivity contribution is 0.134. The highest BCUT2D eigenvalue weighted by Gasteiger charge is 1.99. The zero-order chi connectivity index (χ0) is 11.3. The number of halogens is 1. The van der Waals surface area contributed by atoms with Crippen molar-refractivity contribution < 1.29 is 9.23 Å².